The molecule has 0 unspecified atom stereocenters. The molecule has 0 saturated heterocycles. The van der Waals surface area contributed by atoms with Gasteiger partial charge in [0.05, 0.1) is 4.34 Å². The van der Waals surface area contributed by atoms with Crippen LogP contribution in [0.4, 0.5) is 0 Å². The number of rotatable bonds is 5. The summed E-state index contributed by atoms with van der Waals surface area (Å²) >= 11 is 13.5. The van der Waals surface area contributed by atoms with Gasteiger partial charge in [0.25, 0.3) is 0 Å². The molecule has 0 aliphatic heterocycles. The quantitative estimate of drug-likeness (QED) is 0.533. The average molecular weight is 343 g/mol. The smallest absolute Gasteiger partial charge is 0.328 e. The summed E-state index contributed by atoms with van der Waals surface area (Å²) in [7, 11) is 0. The summed E-state index contributed by atoms with van der Waals surface area (Å²) in [5.41, 5.74) is 3.61. The molecule has 1 N–H and O–H groups in total. The Morgan fingerprint density at radius 3 is 2.33 bits per heavy atom. The Balaban J connectivity index is 2.79. The van der Waals surface area contributed by atoms with Crippen LogP contribution in [0, 0.1) is 6.92 Å². The first-order chi connectivity index (χ1) is 9.81. The third kappa shape index (κ3) is 5.92. The molecule has 2 nitrogen and oxygen atoms in total. The molecule has 1 aromatic heterocycles. The van der Waals surface area contributed by atoms with Crippen LogP contribution in [0.25, 0.3) is 6.08 Å². The summed E-state index contributed by atoms with van der Waals surface area (Å²) in [6.45, 7) is 5.62. The van der Waals surface area contributed by atoms with Gasteiger partial charge in [0, 0.05) is 11.6 Å². The average Bonchev–Trinajstić information content (AvgIpc) is 2.60. The molecule has 0 bridgehead atoms. The van der Waals surface area contributed by atoms with E-state index in [-0.39, 0.29) is 0 Å². The minimum absolute atomic E-state index is 0.678. The van der Waals surface area contributed by atoms with E-state index in [9.17, 15) is 4.79 Å². The van der Waals surface area contributed by atoms with Crippen LogP contribution >= 0.6 is 34.5 Å². The van der Waals surface area contributed by atoms with E-state index in [1.807, 2.05) is 38.2 Å². The normalized spacial score (nSPS) is 13.6. The van der Waals surface area contributed by atoms with Crippen molar-refractivity contribution in [2.75, 3.05) is 0 Å². The van der Waals surface area contributed by atoms with Crippen molar-refractivity contribution in [3.8, 4) is 0 Å². The minimum atomic E-state index is -0.947. The van der Waals surface area contributed by atoms with Crippen LogP contribution in [0.3, 0.4) is 0 Å². The molecular formula is C16H16Cl2O2S. The Labute approximate surface area is 138 Å². The molecule has 1 aromatic rings. The molecule has 0 amide bonds. The Bertz CT molecular complexity index is 649. The molecule has 0 fully saturated rings. The Morgan fingerprint density at radius 1 is 1.14 bits per heavy atom. The van der Waals surface area contributed by atoms with E-state index in [1.165, 1.54) is 11.3 Å². The molecule has 0 aliphatic carbocycles. The SMILES string of the molecule is CC(C=Cc1c(Cl)sc(Cl)c1C)=CC=CC(C)=CC(=O)O. The van der Waals surface area contributed by atoms with E-state index in [4.69, 9.17) is 28.3 Å². The zero-order valence-electron chi connectivity index (χ0n) is 12.0. The van der Waals surface area contributed by atoms with Gasteiger partial charge in [0.1, 0.15) is 4.34 Å². The largest absolute Gasteiger partial charge is 0.478 e. The lowest BCUT2D eigenvalue weighted by molar-refractivity contribution is -0.131. The second-order valence-corrected chi connectivity index (χ2v) is 6.74. The molecule has 21 heavy (non-hydrogen) atoms. The summed E-state index contributed by atoms with van der Waals surface area (Å²) in [4.78, 5) is 10.5. The van der Waals surface area contributed by atoms with Crippen molar-refractivity contribution < 1.29 is 9.90 Å². The topological polar surface area (TPSA) is 37.3 Å². The third-order valence-electron chi connectivity index (χ3n) is 2.67. The number of hydrogen-bond acceptors (Lipinski definition) is 2. The second-order valence-electron chi connectivity index (χ2n) is 4.52. The number of carboxylic acid groups (broad SMARTS) is 1. The van der Waals surface area contributed by atoms with Crippen LogP contribution in [0.2, 0.25) is 8.67 Å². The van der Waals surface area contributed by atoms with Gasteiger partial charge in [0.2, 0.25) is 0 Å². The fraction of sp³-hybridized carbons (Fsp3) is 0.188. The first-order valence-corrected chi connectivity index (χ1v) is 7.77. The van der Waals surface area contributed by atoms with Crippen LogP contribution in [0.15, 0.2) is 41.5 Å². The standard InChI is InChI=1S/C16H16Cl2O2S/c1-10(5-4-6-11(2)9-14(19)20)7-8-13-12(3)15(17)21-16(13)18/h4-9H,1-3H3,(H,19,20). The third-order valence-corrected chi connectivity index (χ3v) is 4.51. The monoisotopic (exact) mass is 342 g/mol. The van der Waals surface area contributed by atoms with Gasteiger partial charge in [-0.05, 0) is 31.9 Å². The number of thiophene rings is 1. The molecule has 0 radical (unpaired) electrons. The van der Waals surface area contributed by atoms with Crippen molar-refractivity contribution >= 4 is 46.6 Å². The van der Waals surface area contributed by atoms with E-state index in [0.29, 0.717) is 14.2 Å². The predicted molar refractivity (Wildman–Crippen MR) is 92.4 cm³/mol. The molecule has 1 heterocycles. The highest BCUT2D eigenvalue weighted by Crippen LogP contribution is 2.36. The zero-order chi connectivity index (χ0) is 16.0. The van der Waals surface area contributed by atoms with Crippen LogP contribution in [-0.2, 0) is 4.79 Å². The lowest BCUT2D eigenvalue weighted by Gasteiger charge is -1.94. The molecule has 0 atom stereocenters. The maximum absolute atomic E-state index is 10.5. The van der Waals surface area contributed by atoms with Gasteiger partial charge in [-0.25, -0.2) is 4.79 Å². The van der Waals surface area contributed by atoms with E-state index in [0.717, 1.165) is 22.8 Å². The fourth-order valence-electron chi connectivity index (χ4n) is 1.52. The van der Waals surface area contributed by atoms with Crippen molar-refractivity contribution in [2.24, 2.45) is 0 Å². The molecule has 112 valence electrons. The zero-order valence-corrected chi connectivity index (χ0v) is 14.3. The maximum Gasteiger partial charge on any atom is 0.328 e. The fourth-order valence-corrected chi connectivity index (χ4v) is 3.16. The molecule has 0 spiro atoms. The van der Waals surface area contributed by atoms with Gasteiger partial charge in [-0.1, -0.05) is 59.2 Å². The second kappa shape index (κ2) is 8.23. The summed E-state index contributed by atoms with van der Waals surface area (Å²) in [5, 5.41) is 8.60. The number of carboxylic acids is 1. The van der Waals surface area contributed by atoms with Crippen LogP contribution in [0.1, 0.15) is 25.0 Å². The van der Waals surface area contributed by atoms with E-state index >= 15 is 0 Å². The minimum Gasteiger partial charge on any atom is -0.478 e. The molecule has 0 saturated carbocycles. The summed E-state index contributed by atoms with van der Waals surface area (Å²) in [6.07, 6.45) is 10.5. The predicted octanol–water partition coefficient (Wildman–Crippen LogP) is 5.91. The molecule has 0 aromatic carbocycles. The van der Waals surface area contributed by atoms with Gasteiger partial charge < -0.3 is 5.11 Å². The van der Waals surface area contributed by atoms with E-state index in [1.54, 1.807) is 13.0 Å². The van der Waals surface area contributed by atoms with Crippen molar-refractivity contribution in [1.29, 1.82) is 0 Å². The highest BCUT2D eigenvalue weighted by Gasteiger charge is 2.08. The molecule has 5 heteroatoms. The molecular weight excluding hydrogens is 327 g/mol. The van der Waals surface area contributed by atoms with Crippen molar-refractivity contribution in [3.05, 3.63) is 61.3 Å². The highest BCUT2D eigenvalue weighted by molar-refractivity contribution is 7.20. The first kappa shape index (κ1) is 17.8. The molecule has 0 aliphatic rings. The number of aliphatic carboxylic acids is 1. The summed E-state index contributed by atoms with van der Waals surface area (Å²) in [5.74, 6) is -0.947. The van der Waals surface area contributed by atoms with Crippen LogP contribution < -0.4 is 0 Å². The van der Waals surface area contributed by atoms with Crippen LogP contribution in [0.5, 0.6) is 0 Å². The Kier molecular flexibility index (Phi) is 6.96. The number of halogens is 2. The highest BCUT2D eigenvalue weighted by atomic mass is 35.5. The van der Waals surface area contributed by atoms with Gasteiger partial charge in [-0.3, -0.25) is 0 Å². The van der Waals surface area contributed by atoms with Gasteiger partial charge in [0.15, 0.2) is 0 Å². The van der Waals surface area contributed by atoms with Crippen LogP contribution in [-0.4, -0.2) is 11.1 Å². The summed E-state index contributed by atoms with van der Waals surface area (Å²) < 4.78 is 1.38. The van der Waals surface area contributed by atoms with Gasteiger partial charge in [-0.2, -0.15) is 0 Å². The van der Waals surface area contributed by atoms with E-state index < -0.39 is 5.97 Å². The Hall–Kier alpha value is -1.29. The van der Waals surface area contributed by atoms with E-state index in [2.05, 4.69) is 0 Å². The molecule has 1 rings (SSSR count). The van der Waals surface area contributed by atoms with Crippen molar-refractivity contribution in [1.82, 2.24) is 0 Å². The van der Waals surface area contributed by atoms with Gasteiger partial charge in [-0.15, -0.1) is 11.3 Å². The maximum atomic E-state index is 10.5. The number of carbonyl (C=O) groups is 1. The van der Waals surface area contributed by atoms with Crippen molar-refractivity contribution in [3.63, 3.8) is 0 Å². The Morgan fingerprint density at radius 2 is 1.81 bits per heavy atom. The number of hydrogen-bond donors (Lipinski definition) is 1. The number of allylic oxidation sites excluding steroid dienone is 6. The first-order valence-electron chi connectivity index (χ1n) is 6.20. The lowest BCUT2D eigenvalue weighted by atomic mass is 10.1. The van der Waals surface area contributed by atoms with Crippen molar-refractivity contribution in [2.45, 2.75) is 20.8 Å². The lowest BCUT2D eigenvalue weighted by Crippen LogP contribution is -1.87. The summed E-state index contributed by atoms with van der Waals surface area (Å²) in [6, 6.07) is 0. The van der Waals surface area contributed by atoms with Gasteiger partial charge >= 0.3 is 5.97 Å².